The Morgan fingerprint density at radius 2 is 2.10 bits per heavy atom. The second kappa shape index (κ2) is 5.85. The van der Waals surface area contributed by atoms with Gasteiger partial charge in [-0.3, -0.25) is 0 Å². The minimum absolute atomic E-state index is 0. The molecule has 1 saturated heterocycles. The highest BCUT2D eigenvalue weighted by Gasteiger charge is 2.45. The van der Waals surface area contributed by atoms with Crippen molar-refractivity contribution in [2.24, 2.45) is 17.6 Å². The number of thiophene rings is 1. The van der Waals surface area contributed by atoms with E-state index in [0.717, 1.165) is 21.5 Å². The van der Waals surface area contributed by atoms with Crippen LogP contribution in [0.4, 0.5) is 0 Å². The molecular formula is C12H18BrClN2O2S2. The van der Waals surface area contributed by atoms with Gasteiger partial charge in [0.2, 0.25) is 10.0 Å². The van der Waals surface area contributed by atoms with Gasteiger partial charge < -0.3 is 5.73 Å². The van der Waals surface area contributed by atoms with Crippen LogP contribution < -0.4 is 5.73 Å². The minimum Gasteiger partial charge on any atom is -0.327 e. The zero-order chi connectivity index (χ0) is 13.8. The molecule has 20 heavy (non-hydrogen) atoms. The van der Waals surface area contributed by atoms with Crippen molar-refractivity contribution in [1.82, 2.24) is 4.31 Å². The summed E-state index contributed by atoms with van der Waals surface area (Å²) in [6.07, 6.45) is 2.09. The molecule has 0 bridgehead atoms. The molecule has 114 valence electrons. The number of rotatable bonds is 2. The third kappa shape index (κ3) is 2.68. The van der Waals surface area contributed by atoms with Crippen molar-refractivity contribution in [1.29, 1.82) is 0 Å². The van der Waals surface area contributed by atoms with Gasteiger partial charge in [-0.05, 0) is 53.6 Å². The zero-order valence-electron chi connectivity index (χ0n) is 11.1. The van der Waals surface area contributed by atoms with Gasteiger partial charge in [-0.1, -0.05) is 0 Å². The standard InChI is InChI=1S/C12H17BrN2O2S2.ClH/c1-7-11(4-12(13)18-7)19(16,17)15-5-8-2-3-10(14)9(8)6-15;/h4,8-10H,2-3,5-6,14H2,1H3;1H. The molecule has 1 saturated carbocycles. The Morgan fingerprint density at radius 3 is 2.65 bits per heavy atom. The summed E-state index contributed by atoms with van der Waals surface area (Å²) in [5.41, 5.74) is 6.07. The Hall–Kier alpha value is 0.340. The van der Waals surface area contributed by atoms with E-state index in [1.54, 1.807) is 10.4 Å². The number of hydrogen-bond donors (Lipinski definition) is 1. The molecule has 1 aliphatic carbocycles. The van der Waals surface area contributed by atoms with Gasteiger partial charge in [0.15, 0.2) is 0 Å². The van der Waals surface area contributed by atoms with Crippen LogP contribution in [0.2, 0.25) is 0 Å². The Balaban J connectivity index is 0.00000147. The molecule has 1 aromatic heterocycles. The lowest BCUT2D eigenvalue weighted by Crippen LogP contribution is -2.33. The fourth-order valence-corrected chi connectivity index (χ4v) is 7.21. The highest BCUT2D eigenvalue weighted by atomic mass is 79.9. The molecule has 3 rings (SSSR count). The zero-order valence-corrected chi connectivity index (χ0v) is 15.1. The lowest BCUT2D eigenvalue weighted by atomic mass is 9.98. The van der Waals surface area contributed by atoms with Gasteiger partial charge in [0.05, 0.1) is 8.68 Å². The van der Waals surface area contributed by atoms with Crippen LogP contribution in [-0.4, -0.2) is 31.9 Å². The highest BCUT2D eigenvalue weighted by Crippen LogP contribution is 2.40. The molecule has 0 radical (unpaired) electrons. The Kier molecular flexibility index (Phi) is 4.89. The fourth-order valence-electron chi connectivity index (χ4n) is 3.29. The van der Waals surface area contributed by atoms with Crippen LogP contribution in [0.1, 0.15) is 17.7 Å². The van der Waals surface area contributed by atoms with Crippen LogP contribution in [0.3, 0.4) is 0 Å². The number of hydrogen-bond acceptors (Lipinski definition) is 4. The molecule has 8 heteroatoms. The number of nitrogens with zero attached hydrogens (tertiary/aromatic N) is 1. The molecule has 3 atom stereocenters. The summed E-state index contributed by atoms with van der Waals surface area (Å²) in [7, 11) is -3.36. The molecule has 3 unspecified atom stereocenters. The predicted octanol–water partition coefficient (Wildman–Crippen LogP) is 2.60. The van der Waals surface area contributed by atoms with E-state index in [2.05, 4.69) is 15.9 Å². The third-order valence-corrected chi connectivity index (χ3v) is 7.98. The molecule has 2 heterocycles. The van der Waals surface area contributed by atoms with Crippen molar-refractivity contribution in [3.63, 3.8) is 0 Å². The van der Waals surface area contributed by atoms with Crippen LogP contribution >= 0.6 is 39.7 Å². The van der Waals surface area contributed by atoms with E-state index < -0.39 is 10.0 Å². The first-order valence-corrected chi connectivity index (χ1v) is 9.46. The molecule has 4 nitrogen and oxygen atoms in total. The first-order valence-electron chi connectivity index (χ1n) is 6.41. The minimum atomic E-state index is -3.36. The number of nitrogens with two attached hydrogens (primary N) is 1. The summed E-state index contributed by atoms with van der Waals surface area (Å²) < 4.78 is 27.8. The van der Waals surface area contributed by atoms with Crippen molar-refractivity contribution >= 4 is 49.7 Å². The lowest BCUT2D eigenvalue weighted by molar-refractivity contribution is 0.427. The van der Waals surface area contributed by atoms with E-state index >= 15 is 0 Å². The average Bonchev–Trinajstić information content (AvgIpc) is 2.96. The van der Waals surface area contributed by atoms with Gasteiger partial charge in [-0.25, -0.2) is 8.42 Å². The van der Waals surface area contributed by atoms with Crippen LogP contribution in [0.15, 0.2) is 14.7 Å². The van der Waals surface area contributed by atoms with Crippen molar-refractivity contribution in [3.05, 3.63) is 14.7 Å². The smallest absolute Gasteiger partial charge is 0.244 e. The number of aryl methyl sites for hydroxylation is 1. The Labute approximate surface area is 138 Å². The number of sulfonamides is 1. The van der Waals surface area contributed by atoms with Crippen LogP contribution in [0, 0.1) is 18.8 Å². The van der Waals surface area contributed by atoms with Gasteiger partial charge in [0.1, 0.15) is 0 Å². The quantitative estimate of drug-likeness (QED) is 0.828. The van der Waals surface area contributed by atoms with Gasteiger partial charge in [-0.2, -0.15) is 4.31 Å². The SMILES string of the molecule is Cc1sc(Br)cc1S(=O)(=O)N1CC2CCC(N)C2C1.Cl. The summed E-state index contributed by atoms with van der Waals surface area (Å²) in [5, 5.41) is 0. The second-order valence-corrected chi connectivity index (χ2v) is 10.0. The van der Waals surface area contributed by atoms with Crippen molar-refractivity contribution in [2.45, 2.75) is 30.7 Å². The van der Waals surface area contributed by atoms with Gasteiger partial charge >= 0.3 is 0 Å². The number of fused-ring (bicyclic) bond motifs is 1. The second-order valence-electron chi connectivity index (χ2n) is 5.46. The molecule has 2 N–H and O–H groups in total. The highest BCUT2D eigenvalue weighted by molar-refractivity contribution is 9.11. The Bertz CT molecular complexity index is 605. The molecule has 1 aromatic rings. The van der Waals surface area contributed by atoms with Gasteiger partial charge in [-0.15, -0.1) is 23.7 Å². The largest absolute Gasteiger partial charge is 0.327 e. The maximum Gasteiger partial charge on any atom is 0.244 e. The molecule has 0 spiro atoms. The van der Waals surface area contributed by atoms with Crippen molar-refractivity contribution in [3.8, 4) is 0 Å². The average molecular weight is 402 g/mol. The molecule has 2 aliphatic rings. The summed E-state index contributed by atoms with van der Waals surface area (Å²) in [5.74, 6) is 0.796. The van der Waals surface area contributed by atoms with Crippen LogP contribution in [0.25, 0.3) is 0 Å². The molecule has 1 aliphatic heterocycles. The monoisotopic (exact) mass is 400 g/mol. The fraction of sp³-hybridized carbons (Fsp3) is 0.667. The lowest BCUT2D eigenvalue weighted by Gasteiger charge is -2.18. The van der Waals surface area contributed by atoms with E-state index in [4.69, 9.17) is 5.73 Å². The third-order valence-electron chi connectivity index (χ3n) is 4.34. The first kappa shape index (κ1) is 16.7. The summed E-state index contributed by atoms with van der Waals surface area (Å²) in [6.45, 7) is 3.07. The molecule has 2 fully saturated rings. The van der Waals surface area contributed by atoms with Crippen LogP contribution in [-0.2, 0) is 10.0 Å². The molecule has 0 aromatic carbocycles. The normalized spacial score (nSPS) is 30.2. The van der Waals surface area contributed by atoms with E-state index in [1.165, 1.54) is 11.3 Å². The van der Waals surface area contributed by atoms with Crippen LogP contribution in [0.5, 0.6) is 0 Å². The van der Waals surface area contributed by atoms with Crippen molar-refractivity contribution in [2.75, 3.05) is 13.1 Å². The summed E-state index contributed by atoms with van der Waals surface area (Å²) in [6, 6.07) is 1.88. The topological polar surface area (TPSA) is 63.4 Å². The summed E-state index contributed by atoms with van der Waals surface area (Å²) >= 11 is 4.82. The van der Waals surface area contributed by atoms with Crippen molar-refractivity contribution < 1.29 is 8.42 Å². The maximum atomic E-state index is 12.7. The van der Waals surface area contributed by atoms with Gasteiger partial charge in [0.25, 0.3) is 0 Å². The number of halogens is 2. The van der Waals surface area contributed by atoms with E-state index in [0.29, 0.717) is 29.8 Å². The van der Waals surface area contributed by atoms with E-state index in [9.17, 15) is 8.42 Å². The van der Waals surface area contributed by atoms with E-state index in [1.807, 2.05) is 6.92 Å². The molecule has 0 amide bonds. The predicted molar refractivity (Wildman–Crippen MR) is 87.0 cm³/mol. The van der Waals surface area contributed by atoms with Gasteiger partial charge in [0, 0.05) is 24.0 Å². The first-order chi connectivity index (χ1) is 8.89. The summed E-state index contributed by atoms with van der Waals surface area (Å²) in [4.78, 5) is 1.28. The maximum absolute atomic E-state index is 12.7. The van der Waals surface area contributed by atoms with E-state index in [-0.39, 0.29) is 18.4 Å². The molecular weight excluding hydrogens is 384 g/mol. The Morgan fingerprint density at radius 1 is 1.40 bits per heavy atom.